The lowest BCUT2D eigenvalue weighted by atomic mass is 9.94. The minimum Gasteiger partial charge on any atom is -0.317 e. The van der Waals surface area contributed by atoms with E-state index in [1.54, 1.807) is 0 Å². The van der Waals surface area contributed by atoms with Gasteiger partial charge in [0.1, 0.15) is 0 Å². The number of hydrogen-bond acceptors (Lipinski definition) is 3. The van der Waals surface area contributed by atoms with Crippen molar-refractivity contribution < 1.29 is 14.4 Å². The van der Waals surface area contributed by atoms with Gasteiger partial charge in [0.25, 0.3) is 5.91 Å². The summed E-state index contributed by atoms with van der Waals surface area (Å²) in [6.07, 6.45) is 2.52. The topological polar surface area (TPSA) is 66.5 Å². The summed E-state index contributed by atoms with van der Waals surface area (Å²) in [7, 11) is 1.37. The Morgan fingerprint density at radius 3 is 2.50 bits per heavy atom. The van der Waals surface area contributed by atoms with Gasteiger partial charge in [0, 0.05) is 7.05 Å². The molecule has 5 nitrogen and oxygen atoms in total. The summed E-state index contributed by atoms with van der Waals surface area (Å²) in [5.41, 5.74) is -1.30. The third kappa shape index (κ3) is 1.49. The zero-order chi connectivity index (χ0) is 10.8. The van der Waals surface area contributed by atoms with Gasteiger partial charge in [-0.1, -0.05) is 19.8 Å². The Balaban J connectivity index is 2.85. The predicted molar refractivity (Wildman–Crippen MR) is 49.6 cm³/mol. The molecular formula is C9H14N2O3. The van der Waals surface area contributed by atoms with E-state index >= 15 is 0 Å². The van der Waals surface area contributed by atoms with Gasteiger partial charge < -0.3 is 10.1 Å². The molecule has 1 aliphatic heterocycles. The molecule has 14 heavy (non-hydrogen) atoms. The van der Waals surface area contributed by atoms with Gasteiger partial charge >= 0.3 is 6.03 Å². The molecule has 1 atom stereocenters. The van der Waals surface area contributed by atoms with Gasteiger partial charge in [-0.2, -0.15) is 0 Å². The Kier molecular flexibility index (Phi) is 2.88. The zero-order valence-electron chi connectivity index (χ0n) is 8.37. The normalized spacial score (nSPS) is 26.6. The van der Waals surface area contributed by atoms with Gasteiger partial charge in [-0.15, -0.1) is 0 Å². The van der Waals surface area contributed by atoms with Crippen LogP contribution in [-0.2, 0) is 9.59 Å². The number of likely N-dealkylation sites (N-methyl/N-ethyl adjacent to an activating group) is 1. The van der Waals surface area contributed by atoms with Crippen LogP contribution in [0.4, 0.5) is 4.79 Å². The molecule has 0 radical (unpaired) electrons. The van der Waals surface area contributed by atoms with Crippen molar-refractivity contribution in [2.24, 2.45) is 0 Å². The molecule has 0 aromatic rings. The van der Waals surface area contributed by atoms with Crippen LogP contribution in [0.25, 0.3) is 0 Å². The summed E-state index contributed by atoms with van der Waals surface area (Å²) in [5.74, 6) is -0.453. The van der Waals surface area contributed by atoms with Crippen molar-refractivity contribution in [1.82, 2.24) is 10.2 Å². The molecule has 5 heteroatoms. The fourth-order valence-electron chi connectivity index (χ4n) is 1.48. The van der Waals surface area contributed by atoms with Crippen LogP contribution in [0.2, 0.25) is 0 Å². The molecule has 1 aliphatic rings. The molecule has 0 aromatic heterocycles. The number of urea groups is 1. The Bertz CT molecular complexity index is 277. The van der Waals surface area contributed by atoms with Gasteiger partial charge in [-0.25, -0.2) is 4.79 Å². The van der Waals surface area contributed by atoms with E-state index in [4.69, 9.17) is 0 Å². The number of amides is 3. The molecule has 1 fully saturated rings. The standard InChI is InChI=1S/C9H14N2O3/c1-3-4-5-9(6-12)7(13)11(2)8(14)10-9/h6H,3-5H2,1-2H3,(H,10,14)/t9-/m1/s1. The van der Waals surface area contributed by atoms with Crippen LogP contribution in [0.1, 0.15) is 26.2 Å². The highest BCUT2D eigenvalue weighted by Gasteiger charge is 2.49. The van der Waals surface area contributed by atoms with Gasteiger partial charge in [-0.05, 0) is 6.42 Å². The Hall–Kier alpha value is -1.39. The van der Waals surface area contributed by atoms with Crippen molar-refractivity contribution in [3.8, 4) is 0 Å². The van der Waals surface area contributed by atoms with Crippen molar-refractivity contribution in [1.29, 1.82) is 0 Å². The van der Waals surface area contributed by atoms with Crippen LogP contribution < -0.4 is 5.32 Å². The maximum Gasteiger partial charge on any atom is 0.325 e. The Morgan fingerprint density at radius 1 is 1.50 bits per heavy atom. The van der Waals surface area contributed by atoms with E-state index in [-0.39, 0.29) is 0 Å². The van der Waals surface area contributed by atoms with Gasteiger partial charge in [0.15, 0.2) is 11.8 Å². The SMILES string of the molecule is CCCC[C@]1(C=O)NC(=O)N(C)C1=O. The molecule has 0 spiro atoms. The molecule has 0 aromatic carbocycles. The lowest BCUT2D eigenvalue weighted by Gasteiger charge is -2.18. The fraction of sp³-hybridized carbons (Fsp3) is 0.667. The summed E-state index contributed by atoms with van der Waals surface area (Å²) in [5, 5.41) is 2.42. The van der Waals surface area contributed by atoms with Crippen molar-refractivity contribution in [3.05, 3.63) is 0 Å². The Morgan fingerprint density at radius 2 is 2.14 bits per heavy atom. The molecular weight excluding hydrogens is 184 g/mol. The van der Waals surface area contributed by atoms with E-state index < -0.39 is 17.5 Å². The number of rotatable bonds is 4. The fourth-order valence-corrected chi connectivity index (χ4v) is 1.48. The number of aldehydes is 1. The highest BCUT2D eigenvalue weighted by Crippen LogP contribution is 2.20. The molecule has 0 unspecified atom stereocenters. The van der Waals surface area contributed by atoms with E-state index in [1.165, 1.54) is 7.05 Å². The molecule has 1 heterocycles. The van der Waals surface area contributed by atoms with E-state index in [9.17, 15) is 14.4 Å². The van der Waals surface area contributed by atoms with E-state index in [0.29, 0.717) is 12.7 Å². The van der Waals surface area contributed by atoms with E-state index in [1.807, 2.05) is 6.92 Å². The summed E-state index contributed by atoms with van der Waals surface area (Å²) in [6, 6.07) is -0.502. The van der Waals surface area contributed by atoms with Crippen LogP contribution in [0, 0.1) is 0 Å². The predicted octanol–water partition coefficient (Wildman–Crippen LogP) is 0.296. The number of carbonyl (C=O) groups excluding carboxylic acids is 3. The third-order valence-corrected chi connectivity index (χ3v) is 2.45. The first-order valence-corrected chi connectivity index (χ1v) is 4.64. The first-order chi connectivity index (χ1) is 6.57. The molecule has 0 saturated carbocycles. The Labute approximate surface area is 82.4 Å². The van der Waals surface area contributed by atoms with Crippen molar-refractivity contribution in [2.45, 2.75) is 31.7 Å². The van der Waals surface area contributed by atoms with Crippen molar-refractivity contribution >= 4 is 18.2 Å². The van der Waals surface area contributed by atoms with Crippen LogP contribution >= 0.6 is 0 Å². The number of nitrogens with zero attached hydrogens (tertiary/aromatic N) is 1. The molecule has 0 aliphatic carbocycles. The maximum atomic E-state index is 11.6. The molecule has 1 rings (SSSR count). The minimum absolute atomic E-state index is 0.377. The second-order valence-electron chi connectivity index (χ2n) is 3.49. The molecule has 1 saturated heterocycles. The average molecular weight is 198 g/mol. The summed E-state index contributed by atoms with van der Waals surface area (Å²) in [6.45, 7) is 1.96. The van der Waals surface area contributed by atoms with E-state index in [2.05, 4.69) is 5.32 Å². The van der Waals surface area contributed by atoms with Crippen molar-refractivity contribution in [3.63, 3.8) is 0 Å². The second-order valence-corrected chi connectivity index (χ2v) is 3.49. The number of unbranched alkanes of at least 4 members (excludes halogenated alkanes) is 1. The minimum atomic E-state index is -1.30. The average Bonchev–Trinajstić information content (AvgIpc) is 2.41. The lowest BCUT2D eigenvalue weighted by Crippen LogP contribution is -2.48. The van der Waals surface area contributed by atoms with E-state index in [0.717, 1.165) is 17.7 Å². The molecule has 1 N–H and O–H groups in total. The van der Waals surface area contributed by atoms with Crippen molar-refractivity contribution in [2.75, 3.05) is 7.05 Å². The third-order valence-electron chi connectivity index (χ3n) is 2.45. The van der Waals surface area contributed by atoms with Crippen LogP contribution in [0.3, 0.4) is 0 Å². The van der Waals surface area contributed by atoms with Gasteiger partial charge in [0.05, 0.1) is 0 Å². The van der Waals surface area contributed by atoms with Gasteiger partial charge in [-0.3, -0.25) is 9.69 Å². The van der Waals surface area contributed by atoms with Crippen LogP contribution in [0.5, 0.6) is 0 Å². The quantitative estimate of drug-likeness (QED) is 0.401. The first kappa shape index (κ1) is 10.7. The first-order valence-electron chi connectivity index (χ1n) is 4.64. The molecule has 0 bridgehead atoms. The highest BCUT2D eigenvalue weighted by atomic mass is 16.2. The number of carbonyl (C=O) groups is 3. The molecule has 3 amide bonds. The smallest absolute Gasteiger partial charge is 0.317 e. The summed E-state index contributed by atoms with van der Waals surface area (Å²) < 4.78 is 0. The summed E-state index contributed by atoms with van der Waals surface area (Å²) in [4.78, 5) is 34.6. The molecule has 78 valence electrons. The monoisotopic (exact) mass is 198 g/mol. The largest absolute Gasteiger partial charge is 0.325 e. The number of imide groups is 1. The van der Waals surface area contributed by atoms with Gasteiger partial charge in [0.2, 0.25) is 0 Å². The summed E-state index contributed by atoms with van der Waals surface area (Å²) >= 11 is 0. The number of nitrogens with one attached hydrogen (secondary N) is 1. The lowest BCUT2D eigenvalue weighted by molar-refractivity contribution is -0.134. The van der Waals surface area contributed by atoms with Crippen LogP contribution in [0.15, 0.2) is 0 Å². The van der Waals surface area contributed by atoms with Crippen LogP contribution in [-0.4, -0.2) is 35.7 Å². The second kappa shape index (κ2) is 3.77. The maximum absolute atomic E-state index is 11.6. The number of hydrogen-bond donors (Lipinski definition) is 1. The highest BCUT2D eigenvalue weighted by molar-refractivity contribution is 6.15. The zero-order valence-corrected chi connectivity index (χ0v) is 8.37.